The van der Waals surface area contributed by atoms with Crippen LogP contribution in [0.15, 0.2) is 18.2 Å². The number of carbonyl (C=O) groups is 1. The van der Waals surface area contributed by atoms with E-state index in [1.165, 1.54) is 7.11 Å². The lowest BCUT2D eigenvalue weighted by Gasteiger charge is -2.11. The van der Waals surface area contributed by atoms with E-state index < -0.39 is 6.04 Å². The molecule has 4 nitrogen and oxygen atoms in total. The first-order valence-electron chi connectivity index (χ1n) is 4.98. The summed E-state index contributed by atoms with van der Waals surface area (Å²) < 4.78 is 5.04. The van der Waals surface area contributed by atoms with Crippen molar-refractivity contribution in [2.75, 3.05) is 12.4 Å². The number of rotatable bonds is 4. The largest absolute Gasteiger partial charge is 0.495 e. The van der Waals surface area contributed by atoms with Crippen molar-refractivity contribution in [1.29, 1.82) is 0 Å². The minimum Gasteiger partial charge on any atom is -0.495 e. The maximum absolute atomic E-state index is 11.5. The molecule has 0 aliphatic rings. The van der Waals surface area contributed by atoms with Crippen LogP contribution in [0.5, 0.6) is 5.75 Å². The molecule has 1 aromatic carbocycles. The fraction of sp³-hybridized carbons (Fsp3) is 0.364. The summed E-state index contributed by atoms with van der Waals surface area (Å²) in [4.78, 5) is 11.5. The lowest BCUT2D eigenvalue weighted by molar-refractivity contribution is -0.117. The SMILES string of the molecule is CC[C@H](N)C(=O)Nc1ccc(Cl)c(OC)c1.Cl. The van der Waals surface area contributed by atoms with Gasteiger partial charge < -0.3 is 15.8 Å². The van der Waals surface area contributed by atoms with E-state index in [2.05, 4.69) is 5.32 Å². The molecule has 0 heterocycles. The normalized spacial score (nSPS) is 11.3. The van der Waals surface area contributed by atoms with Crippen LogP contribution in [0.25, 0.3) is 0 Å². The summed E-state index contributed by atoms with van der Waals surface area (Å²) in [5.41, 5.74) is 6.22. The molecule has 0 spiro atoms. The predicted molar refractivity (Wildman–Crippen MR) is 72.1 cm³/mol. The molecule has 0 fully saturated rings. The van der Waals surface area contributed by atoms with Gasteiger partial charge in [-0.05, 0) is 18.6 Å². The van der Waals surface area contributed by atoms with E-state index in [1.54, 1.807) is 18.2 Å². The van der Waals surface area contributed by atoms with Gasteiger partial charge in [-0.1, -0.05) is 18.5 Å². The minimum atomic E-state index is -0.498. The van der Waals surface area contributed by atoms with Gasteiger partial charge in [0.2, 0.25) is 5.91 Å². The Balaban J connectivity index is 0.00000256. The molecule has 0 aliphatic carbocycles. The van der Waals surface area contributed by atoms with Crippen LogP contribution < -0.4 is 15.8 Å². The number of nitrogens with one attached hydrogen (secondary N) is 1. The zero-order valence-electron chi connectivity index (χ0n) is 9.70. The highest BCUT2D eigenvalue weighted by atomic mass is 35.5. The van der Waals surface area contributed by atoms with Gasteiger partial charge in [-0.25, -0.2) is 0 Å². The van der Waals surface area contributed by atoms with Gasteiger partial charge in [-0.2, -0.15) is 0 Å². The standard InChI is InChI=1S/C11H15ClN2O2.ClH/c1-3-9(13)11(15)14-7-4-5-8(12)10(6-7)16-2;/h4-6,9H,3,13H2,1-2H3,(H,14,15);1H/t9-;/m0./s1. The third kappa shape index (κ3) is 4.42. The predicted octanol–water partition coefficient (Wildman–Crippen LogP) is 2.45. The van der Waals surface area contributed by atoms with Crippen molar-refractivity contribution in [1.82, 2.24) is 0 Å². The van der Waals surface area contributed by atoms with Gasteiger partial charge in [0.15, 0.2) is 0 Å². The summed E-state index contributed by atoms with van der Waals surface area (Å²) in [6, 6.07) is 4.52. The molecule has 6 heteroatoms. The Hall–Kier alpha value is -0.970. The third-order valence-electron chi connectivity index (χ3n) is 2.20. The summed E-state index contributed by atoms with van der Waals surface area (Å²) in [5.74, 6) is 0.302. The van der Waals surface area contributed by atoms with Gasteiger partial charge in [0, 0.05) is 11.8 Å². The smallest absolute Gasteiger partial charge is 0.241 e. The molecule has 17 heavy (non-hydrogen) atoms. The van der Waals surface area contributed by atoms with E-state index in [9.17, 15) is 4.79 Å². The summed E-state index contributed by atoms with van der Waals surface area (Å²) in [6.07, 6.45) is 0.594. The molecule has 0 unspecified atom stereocenters. The number of anilines is 1. The zero-order chi connectivity index (χ0) is 12.1. The highest BCUT2D eigenvalue weighted by molar-refractivity contribution is 6.32. The Morgan fingerprint density at radius 2 is 2.24 bits per heavy atom. The Bertz CT molecular complexity index is 386. The second-order valence-corrected chi connectivity index (χ2v) is 3.76. The van der Waals surface area contributed by atoms with Gasteiger partial charge in [-0.15, -0.1) is 12.4 Å². The van der Waals surface area contributed by atoms with Crippen LogP contribution in [0.3, 0.4) is 0 Å². The molecule has 96 valence electrons. The van der Waals surface area contributed by atoms with E-state index in [-0.39, 0.29) is 18.3 Å². The molecule has 0 aromatic heterocycles. The molecule has 0 saturated heterocycles. The number of halogens is 2. The summed E-state index contributed by atoms with van der Waals surface area (Å²) >= 11 is 5.86. The molecule has 1 rings (SSSR count). The molecule has 1 aromatic rings. The number of amides is 1. The molecule has 0 saturated carbocycles. The van der Waals surface area contributed by atoms with E-state index in [0.29, 0.717) is 22.9 Å². The first-order valence-corrected chi connectivity index (χ1v) is 5.36. The second kappa shape index (κ2) is 7.37. The lowest BCUT2D eigenvalue weighted by atomic mass is 10.2. The summed E-state index contributed by atoms with van der Waals surface area (Å²) in [7, 11) is 1.52. The zero-order valence-corrected chi connectivity index (χ0v) is 11.3. The maximum atomic E-state index is 11.5. The van der Waals surface area contributed by atoms with E-state index in [4.69, 9.17) is 22.1 Å². The van der Waals surface area contributed by atoms with Crippen molar-refractivity contribution in [3.63, 3.8) is 0 Å². The van der Waals surface area contributed by atoms with Gasteiger partial charge in [0.05, 0.1) is 18.2 Å². The Kier molecular flexibility index (Phi) is 6.95. The quantitative estimate of drug-likeness (QED) is 0.889. The van der Waals surface area contributed by atoms with E-state index in [0.717, 1.165) is 0 Å². The number of hydrogen-bond acceptors (Lipinski definition) is 3. The molecule has 1 atom stereocenters. The highest BCUT2D eigenvalue weighted by Gasteiger charge is 2.11. The average Bonchev–Trinajstić information content (AvgIpc) is 2.30. The van der Waals surface area contributed by atoms with Crippen LogP contribution in [-0.2, 0) is 4.79 Å². The van der Waals surface area contributed by atoms with Crippen molar-refractivity contribution in [2.24, 2.45) is 5.73 Å². The molecular weight excluding hydrogens is 263 g/mol. The van der Waals surface area contributed by atoms with Crippen molar-refractivity contribution < 1.29 is 9.53 Å². The first-order chi connectivity index (χ1) is 7.58. The van der Waals surface area contributed by atoms with Gasteiger partial charge >= 0.3 is 0 Å². The van der Waals surface area contributed by atoms with E-state index in [1.807, 2.05) is 6.92 Å². The minimum absolute atomic E-state index is 0. The van der Waals surface area contributed by atoms with Crippen LogP contribution in [-0.4, -0.2) is 19.1 Å². The van der Waals surface area contributed by atoms with Crippen molar-refractivity contribution in [3.8, 4) is 5.75 Å². The average molecular weight is 279 g/mol. The Morgan fingerprint density at radius 3 is 2.76 bits per heavy atom. The van der Waals surface area contributed by atoms with Gasteiger partial charge in [-0.3, -0.25) is 4.79 Å². The van der Waals surface area contributed by atoms with Crippen LogP contribution in [0.4, 0.5) is 5.69 Å². The molecule has 0 bridgehead atoms. The fourth-order valence-corrected chi connectivity index (χ4v) is 1.35. The number of nitrogens with two attached hydrogens (primary N) is 1. The third-order valence-corrected chi connectivity index (χ3v) is 2.51. The van der Waals surface area contributed by atoms with Crippen molar-refractivity contribution in [2.45, 2.75) is 19.4 Å². The number of ether oxygens (including phenoxy) is 1. The van der Waals surface area contributed by atoms with Crippen LogP contribution >= 0.6 is 24.0 Å². The molecule has 1 amide bonds. The second-order valence-electron chi connectivity index (χ2n) is 3.35. The molecule has 3 N–H and O–H groups in total. The van der Waals surface area contributed by atoms with Crippen LogP contribution in [0, 0.1) is 0 Å². The number of carbonyl (C=O) groups excluding carboxylic acids is 1. The molecule has 0 radical (unpaired) electrons. The highest BCUT2D eigenvalue weighted by Crippen LogP contribution is 2.27. The van der Waals surface area contributed by atoms with Crippen LogP contribution in [0.1, 0.15) is 13.3 Å². The monoisotopic (exact) mass is 278 g/mol. The Labute approximate surface area is 112 Å². The number of benzene rings is 1. The first kappa shape index (κ1) is 16.0. The van der Waals surface area contributed by atoms with Gasteiger partial charge in [0.25, 0.3) is 0 Å². The van der Waals surface area contributed by atoms with Crippen molar-refractivity contribution >= 4 is 35.6 Å². The van der Waals surface area contributed by atoms with Gasteiger partial charge in [0.1, 0.15) is 5.75 Å². The molecular formula is C11H16Cl2N2O2. The maximum Gasteiger partial charge on any atom is 0.241 e. The number of hydrogen-bond donors (Lipinski definition) is 2. The lowest BCUT2D eigenvalue weighted by Crippen LogP contribution is -2.34. The Morgan fingerprint density at radius 1 is 1.59 bits per heavy atom. The van der Waals surface area contributed by atoms with E-state index >= 15 is 0 Å². The van der Waals surface area contributed by atoms with Crippen molar-refractivity contribution in [3.05, 3.63) is 23.2 Å². The molecule has 0 aliphatic heterocycles. The summed E-state index contributed by atoms with van der Waals surface area (Å²) in [6.45, 7) is 1.85. The number of methoxy groups -OCH3 is 1. The van der Waals surface area contributed by atoms with Crippen LogP contribution in [0.2, 0.25) is 5.02 Å². The fourth-order valence-electron chi connectivity index (χ4n) is 1.16. The summed E-state index contributed by atoms with van der Waals surface area (Å²) in [5, 5.41) is 3.19. The topological polar surface area (TPSA) is 64.4 Å².